The van der Waals surface area contributed by atoms with E-state index in [0.29, 0.717) is 28.5 Å². The summed E-state index contributed by atoms with van der Waals surface area (Å²) in [5, 5.41) is 16.3. The zero-order chi connectivity index (χ0) is 13.2. The van der Waals surface area contributed by atoms with Crippen molar-refractivity contribution >= 4 is 23.0 Å². The van der Waals surface area contributed by atoms with Crippen LogP contribution in [0.4, 0.5) is 17.3 Å². The van der Waals surface area contributed by atoms with E-state index in [1.165, 1.54) is 0 Å². The first-order valence-corrected chi connectivity index (χ1v) is 5.65. The maximum absolute atomic E-state index is 9.02. The van der Waals surface area contributed by atoms with E-state index in [4.69, 9.17) is 11.0 Å². The molecule has 0 saturated carbocycles. The van der Waals surface area contributed by atoms with Gasteiger partial charge in [0, 0.05) is 6.20 Å². The van der Waals surface area contributed by atoms with Crippen molar-refractivity contribution in [3.05, 3.63) is 48.2 Å². The fourth-order valence-electron chi connectivity index (χ4n) is 1.79. The fourth-order valence-corrected chi connectivity index (χ4v) is 1.79. The smallest absolute Gasteiger partial charge is 0.247 e. The first-order chi connectivity index (χ1) is 9.28. The van der Waals surface area contributed by atoms with E-state index in [-0.39, 0.29) is 0 Å². The Morgan fingerprint density at radius 3 is 2.84 bits per heavy atom. The van der Waals surface area contributed by atoms with E-state index >= 15 is 0 Å². The molecule has 0 aliphatic carbocycles. The molecule has 0 atom stereocenters. The lowest BCUT2D eigenvalue weighted by atomic mass is 10.2. The van der Waals surface area contributed by atoms with Gasteiger partial charge in [0.25, 0.3) is 0 Å². The van der Waals surface area contributed by atoms with Gasteiger partial charge in [-0.2, -0.15) is 10.2 Å². The average molecular weight is 250 g/mol. The second-order valence-electron chi connectivity index (χ2n) is 3.95. The molecule has 0 spiro atoms. The molecule has 6 heteroatoms. The predicted octanol–water partition coefficient (Wildman–Crippen LogP) is 1.93. The maximum Gasteiger partial charge on any atom is 0.247 e. The van der Waals surface area contributed by atoms with Crippen molar-refractivity contribution in [2.45, 2.75) is 0 Å². The number of fused-ring (bicyclic) bond motifs is 1. The third-order valence-electron chi connectivity index (χ3n) is 2.69. The molecule has 0 unspecified atom stereocenters. The minimum atomic E-state index is 0.403. The van der Waals surface area contributed by atoms with E-state index in [9.17, 15) is 0 Å². The minimum absolute atomic E-state index is 0.403. The lowest BCUT2D eigenvalue weighted by molar-refractivity contribution is 0.966. The number of nitrogens with two attached hydrogens (primary N) is 1. The van der Waals surface area contributed by atoms with Gasteiger partial charge < -0.3 is 11.1 Å². The molecule has 2 aromatic heterocycles. The molecule has 0 amide bonds. The molecule has 92 valence electrons. The standard InChI is InChI=1S/C13H10N6/c14-8-9-4-1-2-6-11(9)16-13-17-12-10(15)5-3-7-19(12)18-13/h1-7H,15H2,(H,16,18). The Balaban J connectivity index is 2.02. The highest BCUT2D eigenvalue weighted by molar-refractivity contribution is 5.68. The highest BCUT2D eigenvalue weighted by Crippen LogP contribution is 2.19. The second kappa shape index (κ2) is 4.31. The highest BCUT2D eigenvalue weighted by atomic mass is 15.3. The van der Waals surface area contributed by atoms with Crippen LogP contribution in [0, 0.1) is 11.3 Å². The quantitative estimate of drug-likeness (QED) is 0.725. The third-order valence-corrected chi connectivity index (χ3v) is 2.69. The molecule has 3 N–H and O–H groups in total. The van der Waals surface area contributed by atoms with E-state index in [2.05, 4.69) is 21.5 Å². The number of rotatable bonds is 2. The van der Waals surface area contributed by atoms with E-state index in [1.54, 1.807) is 41.0 Å². The highest BCUT2D eigenvalue weighted by Gasteiger charge is 2.07. The number of hydrogen-bond acceptors (Lipinski definition) is 5. The Bertz CT molecular complexity index is 783. The van der Waals surface area contributed by atoms with Gasteiger partial charge in [-0.1, -0.05) is 12.1 Å². The third kappa shape index (κ3) is 1.93. The summed E-state index contributed by atoms with van der Waals surface area (Å²) in [6.07, 6.45) is 1.76. The molecular formula is C13H10N6. The number of nitrogens with zero attached hydrogens (tertiary/aromatic N) is 4. The SMILES string of the molecule is N#Cc1ccccc1Nc1nc2c(N)cccn2n1. The van der Waals surface area contributed by atoms with Gasteiger partial charge in [0.2, 0.25) is 5.95 Å². The Kier molecular flexibility index (Phi) is 2.50. The van der Waals surface area contributed by atoms with Crippen molar-refractivity contribution in [1.29, 1.82) is 5.26 Å². The van der Waals surface area contributed by atoms with Crippen molar-refractivity contribution in [1.82, 2.24) is 14.6 Å². The zero-order valence-corrected chi connectivity index (χ0v) is 9.91. The van der Waals surface area contributed by atoms with Gasteiger partial charge in [0.1, 0.15) is 6.07 Å². The van der Waals surface area contributed by atoms with Crippen LogP contribution >= 0.6 is 0 Å². The lowest BCUT2D eigenvalue weighted by Crippen LogP contribution is -1.95. The van der Waals surface area contributed by atoms with Crippen molar-refractivity contribution in [2.75, 3.05) is 11.1 Å². The van der Waals surface area contributed by atoms with Crippen LogP contribution < -0.4 is 11.1 Å². The Morgan fingerprint density at radius 2 is 2.05 bits per heavy atom. The number of para-hydroxylation sites is 1. The van der Waals surface area contributed by atoms with Crippen LogP contribution in [0.15, 0.2) is 42.6 Å². The van der Waals surface area contributed by atoms with Crippen LogP contribution in [-0.2, 0) is 0 Å². The molecule has 1 aromatic carbocycles. The second-order valence-corrected chi connectivity index (χ2v) is 3.95. The van der Waals surface area contributed by atoms with Crippen LogP contribution in [-0.4, -0.2) is 14.6 Å². The summed E-state index contributed by atoms with van der Waals surface area (Å²) in [5.74, 6) is 0.403. The summed E-state index contributed by atoms with van der Waals surface area (Å²) in [6.45, 7) is 0. The molecule has 0 fully saturated rings. The fraction of sp³-hybridized carbons (Fsp3) is 0. The van der Waals surface area contributed by atoms with E-state index in [0.717, 1.165) is 0 Å². The van der Waals surface area contributed by atoms with Gasteiger partial charge in [0.05, 0.1) is 16.9 Å². The normalized spacial score (nSPS) is 10.3. The number of benzene rings is 1. The van der Waals surface area contributed by atoms with Crippen LogP contribution in [0.25, 0.3) is 5.65 Å². The predicted molar refractivity (Wildman–Crippen MR) is 71.8 cm³/mol. The largest absolute Gasteiger partial charge is 0.396 e. The van der Waals surface area contributed by atoms with Gasteiger partial charge in [-0.25, -0.2) is 4.52 Å². The Labute approximate surface area is 109 Å². The molecule has 3 rings (SSSR count). The van der Waals surface area contributed by atoms with Crippen molar-refractivity contribution < 1.29 is 0 Å². The van der Waals surface area contributed by atoms with Gasteiger partial charge in [-0.15, -0.1) is 5.10 Å². The van der Waals surface area contributed by atoms with Crippen LogP contribution in [0.2, 0.25) is 0 Å². The molecule has 0 radical (unpaired) electrons. The van der Waals surface area contributed by atoms with Crippen LogP contribution in [0.5, 0.6) is 0 Å². The molecule has 0 aliphatic heterocycles. The number of aromatic nitrogens is 3. The van der Waals surface area contributed by atoms with Crippen molar-refractivity contribution in [2.24, 2.45) is 0 Å². The summed E-state index contributed by atoms with van der Waals surface area (Å²) in [5.41, 5.74) is 8.15. The summed E-state index contributed by atoms with van der Waals surface area (Å²) in [4.78, 5) is 4.29. The molecule has 19 heavy (non-hydrogen) atoms. The molecule has 6 nitrogen and oxygen atoms in total. The first-order valence-electron chi connectivity index (χ1n) is 5.65. The van der Waals surface area contributed by atoms with Gasteiger partial charge in [-0.05, 0) is 24.3 Å². The number of nitrogen functional groups attached to an aromatic ring is 1. The molecule has 2 heterocycles. The zero-order valence-electron chi connectivity index (χ0n) is 9.91. The minimum Gasteiger partial charge on any atom is -0.396 e. The Hall–Kier alpha value is -3.07. The van der Waals surface area contributed by atoms with Crippen molar-refractivity contribution in [3.8, 4) is 6.07 Å². The first kappa shape index (κ1) is 11.0. The molecule has 3 aromatic rings. The molecule has 0 aliphatic rings. The number of anilines is 3. The number of pyridine rings is 1. The lowest BCUT2D eigenvalue weighted by Gasteiger charge is -2.02. The van der Waals surface area contributed by atoms with E-state index in [1.807, 2.05) is 6.07 Å². The Morgan fingerprint density at radius 1 is 1.21 bits per heavy atom. The van der Waals surface area contributed by atoms with Crippen LogP contribution in [0.1, 0.15) is 5.56 Å². The summed E-state index contributed by atoms with van der Waals surface area (Å²) >= 11 is 0. The molecule has 0 bridgehead atoms. The van der Waals surface area contributed by atoms with Crippen LogP contribution in [0.3, 0.4) is 0 Å². The molecular weight excluding hydrogens is 240 g/mol. The average Bonchev–Trinajstić information content (AvgIpc) is 2.83. The monoisotopic (exact) mass is 250 g/mol. The summed E-state index contributed by atoms with van der Waals surface area (Å²) in [7, 11) is 0. The van der Waals surface area contributed by atoms with E-state index < -0.39 is 0 Å². The van der Waals surface area contributed by atoms with Crippen molar-refractivity contribution in [3.63, 3.8) is 0 Å². The molecule has 0 saturated heterocycles. The number of nitrogens with one attached hydrogen (secondary N) is 1. The van der Waals surface area contributed by atoms with Gasteiger partial charge >= 0.3 is 0 Å². The van der Waals surface area contributed by atoms with Gasteiger partial charge in [0.15, 0.2) is 5.65 Å². The summed E-state index contributed by atoms with van der Waals surface area (Å²) < 4.78 is 1.59. The maximum atomic E-state index is 9.02. The summed E-state index contributed by atoms with van der Waals surface area (Å²) in [6, 6.07) is 12.8. The van der Waals surface area contributed by atoms with Gasteiger partial charge in [-0.3, -0.25) is 0 Å². The number of nitriles is 1. The number of hydrogen-bond donors (Lipinski definition) is 2. The topological polar surface area (TPSA) is 92.0 Å².